The van der Waals surface area contributed by atoms with Crippen LogP contribution in [0.2, 0.25) is 10.0 Å². The molecule has 0 unspecified atom stereocenters. The molecule has 1 aromatic rings. The lowest BCUT2D eigenvalue weighted by molar-refractivity contribution is 0.136. The van der Waals surface area contributed by atoms with Crippen LogP contribution in [-0.4, -0.2) is 26.0 Å². The van der Waals surface area contributed by atoms with Crippen molar-refractivity contribution in [1.82, 2.24) is 0 Å². The Bertz CT molecular complexity index is 582. The van der Waals surface area contributed by atoms with Gasteiger partial charge in [0.2, 0.25) is 0 Å². The molecule has 0 aliphatic rings. The van der Waals surface area contributed by atoms with Gasteiger partial charge in [0.15, 0.2) is 5.75 Å². The van der Waals surface area contributed by atoms with E-state index in [-0.39, 0.29) is 11.1 Å². The number of ether oxygens (including phenoxy) is 2. The number of rotatable bonds is 14. The number of nitrogens with zero attached hydrogens (tertiary/aromatic N) is 1. The van der Waals surface area contributed by atoms with E-state index >= 15 is 0 Å². The molecule has 0 saturated carbocycles. The summed E-state index contributed by atoms with van der Waals surface area (Å²) in [6.07, 6.45) is 9.52. The van der Waals surface area contributed by atoms with Crippen LogP contribution in [0, 0.1) is 0 Å². The van der Waals surface area contributed by atoms with Crippen molar-refractivity contribution in [1.29, 1.82) is 0 Å². The summed E-state index contributed by atoms with van der Waals surface area (Å²) in [5.74, 6) is 0.944. The first-order valence-corrected chi connectivity index (χ1v) is 10.4. The highest BCUT2D eigenvalue weighted by Crippen LogP contribution is 2.37. The number of halogens is 4. The molecule has 0 fully saturated rings. The Balaban J connectivity index is 2.25. The predicted octanol–water partition coefficient (Wildman–Crippen LogP) is 7.43. The molecule has 0 aromatic heterocycles. The fourth-order valence-corrected chi connectivity index (χ4v) is 2.75. The maximum atomic E-state index is 6.21. The molecule has 8 heteroatoms. The quantitative estimate of drug-likeness (QED) is 0.166. The van der Waals surface area contributed by atoms with Crippen molar-refractivity contribution in [3.63, 3.8) is 0 Å². The molecule has 0 aliphatic carbocycles. The maximum absolute atomic E-state index is 6.21. The lowest BCUT2D eigenvalue weighted by atomic mass is 10.2. The van der Waals surface area contributed by atoms with Crippen LogP contribution in [0.25, 0.3) is 0 Å². The number of benzene rings is 1. The van der Waals surface area contributed by atoms with Gasteiger partial charge in [0.05, 0.1) is 16.7 Å². The van der Waals surface area contributed by atoms with E-state index in [2.05, 4.69) is 12.1 Å². The number of unbranched alkanes of at least 4 members (excludes halogenated alkanes) is 4. The van der Waals surface area contributed by atoms with Gasteiger partial charge in [-0.05, 0) is 31.8 Å². The Morgan fingerprint density at radius 1 is 1.00 bits per heavy atom. The Labute approximate surface area is 181 Å². The van der Waals surface area contributed by atoms with E-state index < -0.39 is 0 Å². The van der Waals surface area contributed by atoms with E-state index in [1.807, 2.05) is 6.21 Å². The minimum absolute atomic E-state index is 0.137. The second-order valence-corrected chi connectivity index (χ2v) is 7.52. The smallest absolute Gasteiger partial charge is 0.156 e. The Hall–Kier alpha value is -0.810. The van der Waals surface area contributed by atoms with Crippen LogP contribution in [0.4, 0.5) is 0 Å². The van der Waals surface area contributed by atoms with E-state index in [0.29, 0.717) is 34.8 Å². The zero-order chi connectivity index (χ0) is 19.9. The van der Waals surface area contributed by atoms with Crippen molar-refractivity contribution >= 4 is 52.6 Å². The molecule has 1 aromatic carbocycles. The normalized spacial score (nSPS) is 10.9. The first-order valence-electron chi connectivity index (χ1n) is 8.94. The van der Waals surface area contributed by atoms with Crippen LogP contribution in [0.1, 0.15) is 45.4 Å². The SMILES string of the molecule is CCCCC/C=N/OCCCCOc1c(Cl)cc(OCC=C(Cl)Cl)cc1Cl. The fourth-order valence-electron chi connectivity index (χ4n) is 2.05. The van der Waals surface area contributed by atoms with E-state index in [9.17, 15) is 0 Å². The van der Waals surface area contributed by atoms with E-state index in [1.165, 1.54) is 18.9 Å². The number of hydrogen-bond donors (Lipinski definition) is 0. The van der Waals surface area contributed by atoms with Crippen molar-refractivity contribution in [2.75, 3.05) is 19.8 Å². The van der Waals surface area contributed by atoms with Gasteiger partial charge < -0.3 is 14.3 Å². The zero-order valence-electron chi connectivity index (χ0n) is 15.4. The Morgan fingerprint density at radius 2 is 1.70 bits per heavy atom. The zero-order valence-corrected chi connectivity index (χ0v) is 18.4. The van der Waals surface area contributed by atoms with E-state index in [1.54, 1.807) is 12.1 Å². The van der Waals surface area contributed by atoms with Crippen LogP contribution in [0.3, 0.4) is 0 Å². The Kier molecular flexibility index (Phi) is 13.6. The first-order chi connectivity index (χ1) is 13.0. The van der Waals surface area contributed by atoms with Crippen LogP contribution in [0.5, 0.6) is 11.5 Å². The van der Waals surface area contributed by atoms with Gasteiger partial charge in [-0.3, -0.25) is 0 Å². The molecule has 0 bridgehead atoms. The van der Waals surface area contributed by atoms with E-state index in [0.717, 1.165) is 25.7 Å². The molecule has 0 saturated heterocycles. The third kappa shape index (κ3) is 11.6. The van der Waals surface area contributed by atoms with Gasteiger partial charge in [-0.25, -0.2) is 0 Å². The molecule has 0 heterocycles. The highest BCUT2D eigenvalue weighted by Gasteiger charge is 2.10. The summed E-state index contributed by atoms with van der Waals surface area (Å²) in [7, 11) is 0. The first kappa shape index (κ1) is 24.2. The van der Waals surface area contributed by atoms with Crippen molar-refractivity contribution in [2.45, 2.75) is 45.4 Å². The number of oxime groups is 1. The summed E-state index contributed by atoms with van der Waals surface area (Å²) in [6, 6.07) is 3.27. The summed E-state index contributed by atoms with van der Waals surface area (Å²) in [4.78, 5) is 5.21. The predicted molar refractivity (Wildman–Crippen MR) is 115 cm³/mol. The van der Waals surface area contributed by atoms with Gasteiger partial charge in [0.25, 0.3) is 0 Å². The molecule has 0 amide bonds. The Morgan fingerprint density at radius 3 is 2.37 bits per heavy atom. The molecular formula is C19H25Cl4NO3. The van der Waals surface area contributed by atoms with Gasteiger partial charge >= 0.3 is 0 Å². The molecule has 0 radical (unpaired) electrons. The minimum atomic E-state index is 0.137. The van der Waals surface area contributed by atoms with Gasteiger partial charge in [0, 0.05) is 18.3 Å². The second kappa shape index (κ2) is 15.2. The van der Waals surface area contributed by atoms with Crippen molar-refractivity contribution in [2.24, 2.45) is 5.16 Å². The molecule has 152 valence electrons. The van der Waals surface area contributed by atoms with Crippen LogP contribution >= 0.6 is 46.4 Å². The molecule has 0 aliphatic heterocycles. The van der Waals surface area contributed by atoms with Crippen LogP contribution in [-0.2, 0) is 4.84 Å². The average Bonchev–Trinajstić information content (AvgIpc) is 2.61. The molecule has 1 rings (SSSR count). The van der Waals surface area contributed by atoms with Gasteiger partial charge in [-0.2, -0.15) is 0 Å². The monoisotopic (exact) mass is 455 g/mol. The van der Waals surface area contributed by atoms with Crippen molar-refractivity contribution in [3.05, 3.63) is 32.7 Å². The third-order valence-corrected chi connectivity index (χ3v) is 4.29. The molecule has 4 nitrogen and oxygen atoms in total. The molecule has 27 heavy (non-hydrogen) atoms. The largest absolute Gasteiger partial charge is 0.490 e. The summed E-state index contributed by atoms with van der Waals surface area (Å²) in [5, 5.41) is 4.69. The van der Waals surface area contributed by atoms with Gasteiger partial charge in [0.1, 0.15) is 23.5 Å². The molecule has 0 atom stereocenters. The molecule has 0 spiro atoms. The topological polar surface area (TPSA) is 40.0 Å². The second-order valence-electron chi connectivity index (χ2n) is 5.69. The van der Waals surface area contributed by atoms with Crippen molar-refractivity contribution < 1.29 is 14.3 Å². The summed E-state index contributed by atoms with van der Waals surface area (Å²) in [5.41, 5.74) is 0. The van der Waals surface area contributed by atoms with Crippen LogP contribution in [0.15, 0.2) is 27.9 Å². The lowest BCUT2D eigenvalue weighted by Gasteiger charge is -2.12. The lowest BCUT2D eigenvalue weighted by Crippen LogP contribution is -2.01. The minimum Gasteiger partial charge on any atom is -0.490 e. The van der Waals surface area contributed by atoms with E-state index in [4.69, 9.17) is 60.7 Å². The maximum Gasteiger partial charge on any atom is 0.156 e. The third-order valence-electron chi connectivity index (χ3n) is 3.42. The van der Waals surface area contributed by atoms with Crippen LogP contribution < -0.4 is 9.47 Å². The summed E-state index contributed by atoms with van der Waals surface area (Å²) < 4.78 is 11.3. The van der Waals surface area contributed by atoms with Gasteiger partial charge in [-0.15, -0.1) is 0 Å². The van der Waals surface area contributed by atoms with Crippen molar-refractivity contribution in [3.8, 4) is 11.5 Å². The molecular weight excluding hydrogens is 432 g/mol. The molecule has 0 N–H and O–H groups in total. The summed E-state index contributed by atoms with van der Waals surface area (Å²) >= 11 is 23.5. The fraction of sp³-hybridized carbons (Fsp3) is 0.526. The summed E-state index contributed by atoms with van der Waals surface area (Å²) in [6.45, 7) is 3.43. The highest BCUT2D eigenvalue weighted by molar-refractivity contribution is 6.55. The highest BCUT2D eigenvalue weighted by atomic mass is 35.5. The number of hydrogen-bond acceptors (Lipinski definition) is 4. The van der Waals surface area contributed by atoms with Gasteiger partial charge in [-0.1, -0.05) is 71.3 Å². The standard InChI is InChI=1S/C19H25Cl4NO3/c1-2-3-4-5-9-24-27-11-7-6-10-26-19-16(20)13-15(14-17(19)21)25-12-8-18(22)23/h8-9,13-14H,2-7,10-12H2,1H3/b24-9+. The average molecular weight is 457 g/mol.